The number of benzene rings is 1. The van der Waals surface area contributed by atoms with Gasteiger partial charge in [0.25, 0.3) is 0 Å². The maximum Gasteiger partial charge on any atom is 0.174 e. The first-order valence-corrected chi connectivity index (χ1v) is 8.96. The van der Waals surface area contributed by atoms with E-state index in [4.69, 9.17) is 4.74 Å². The van der Waals surface area contributed by atoms with E-state index in [9.17, 15) is 15.0 Å². The van der Waals surface area contributed by atoms with Crippen molar-refractivity contribution >= 4 is 5.78 Å². The molecule has 2 aliphatic heterocycles. The summed E-state index contributed by atoms with van der Waals surface area (Å²) in [7, 11) is 0. The summed E-state index contributed by atoms with van der Waals surface area (Å²) >= 11 is 0. The summed E-state index contributed by atoms with van der Waals surface area (Å²) in [5, 5.41) is 22.2. The fourth-order valence-corrected chi connectivity index (χ4v) is 5.43. The number of phenolic OH excluding ortho intramolecular Hbond substituents is 1. The van der Waals surface area contributed by atoms with Crippen LogP contribution in [-0.4, -0.2) is 51.7 Å². The number of hydrogen-bond donors (Lipinski definition) is 2. The third-order valence-corrected chi connectivity index (χ3v) is 6.69. The molecule has 4 atom stereocenters. The Morgan fingerprint density at radius 1 is 1.44 bits per heavy atom. The van der Waals surface area contributed by atoms with Crippen molar-refractivity contribution in [3.63, 3.8) is 0 Å². The second-order valence-corrected chi connectivity index (χ2v) is 7.68. The minimum absolute atomic E-state index is 0.0176. The Labute approximate surface area is 147 Å². The molecule has 1 aromatic rings. The van der Waals surface area contributed by atoms with E-state index in [0.717, 1.165) is 17.7 Å². The molecule has 2 N–H and O–H groups in total. The molecule has 1 spiro atoms. The van der Waals surface area contributed by atoms with Gasteiger partial charge in [0, 0.05) is 24.6 Å². The van der Waals surface area contributed by atoms with Gasteiger partial charge in [0.15, 0.2) is 23.4 Å². The van der Waals surface area contributed by atoms with Crippen LogP contribution in [0.25, 0.3) is 0 Å². The van der Waals surface area contributed by atoms with E-state index in [1.807, 2.05) is 26.0 Å². The fraction of sp³-hybridized carbons (Fsp3) is 0.550. The number of Topliss-reactive ketones (excluding diaryl/α,β-unsaturated/α-hetero) is 1. The Morgan fingerprint density at radius 3 is 2.92 bits per heavy atom. The number of ether oxygens (including phenoxy) is 1. The van der Waals surface area contributed by atoms with Gasteiger partial charge in [-0.1, -0.05) is 12.1 Å². The molecule has 0 aromatic heterocycles. The van der Waals surface area contributed by atoms with Crippen LogP contribution in [0.3, 0.4) is 0 Å². The normalized spacial score (nSPS) is 37.0. The number of rotatable bonds is 2. The summed E-state index contributed by atoms with van der Waals surface area (Å²) in [6, 6.07) is 3.31. The number of carbonyl (C=O) groups excluding carboxylic acids is 1. The van der Waals surface area contributed by atoms with Crippen LogP contribution < -0.4 is 4.74 Å². The van der Waals surface area contributed by atoms with E-state index in [-0.39, 0.29) is 17.6 Å². The highest BCUT2D eigenvalue weighted by atomic mass is 16.5. The molecule has 1 saturated carbocycles. The van der Waals surface area contributed by atoms with Gasteiger partial charge in [0.05, 0.1) is 11.0 Å². The van der Waals surface area contributed by atoms with Crippen molar-refractivity contribution in [1.82, 2.24) is 4.90 Å². The van der Waals surface area contributed by atoms with Gasteiger partial charge in [-0.15, -0.1) is 6.58 Å². The second kappa shape index (κ2) is 5.32. The molecule has 5 heteroatoms. The van der Waals surface area contributed by atoms with Crippen LogP contribution in [0, 0.1) is 6.92 Å². The van der Waals surface area contributed by atoms with Gasteiger partial charge in [-0.3, -0.25) is 9.69 Å². The van der Waals surface area contributed by atoms with Crippen LogP contribution in [0.4, 0.5) is 0 Å². The van der Waals surface area contributed by atoms with Crippen molar-refractivity contribution < 1.29 is 19.7 Å². The van der Waals surface area contributed by atoms with Crippen molar-refractivity contribution in [2.45, 2.75) is 56.3 Å². The number of nitrogens with zero attached hydrogens (tertiary/aromatic N) is 1. The minimum atomic E-state index is -1.09. The molecule has 134 valence electrons. The first kappa shape index (κ1) is 16.6. The lowest BCUT2D eigenvalue weighted by Crippen LogP contribution is -2.73. The highest BCUT2D eigenvalue weighted by Crippen LogP contribution is 2.61. The number of aliphatic hydroxyl groups is 1. The topological polar surface area (TPSA) is 70.0 Å². The average Bonchev–Trinajstić information content (AvgIpc) is 2.95. The number of hydrogen-bond acceptors (Lipinski definition) is 5. The van der Waals surface area contributed by atoms with E-state index in [1.54, 1.807) is 6.07 Å². The van der Waals surface area contributed by atoms with Gasteiger partial charge in [0.1, 0.15) is 0 Å². The number of phenols is 1. The number of aryl methyl sites for hydroxylation is 1. The van der Waals surface area contributed by atoms with Crippen LogP contribution in [-0.2, 0) is 10.2 Å². The largest absolute Gasteiger partial charge is 0.504 e. The van der Waals surface area contributed by atoms with E-state index >= 15 is 0 Å². The molecule has 5 nitrogen and oxygen atoms in total. The van der Waals surface area contributed by atoms with Crippen LogP contribution in [0.1, 0.15) is 37.3 Å². The minimum Gasteiger partial charge on any atom is -0.504 e. The Hall–Kier alpha value is -1.85. The predicted octanol–water partition coefficient (Wildman–Crippen LogP) is 2.07. The third-order valence-electron chi connectivity index (χ3n) is 6.69. The lowest BCUT2D eigenvalue weighted by molar-refractivity contribution is -0.180. The highest BCUT2D eigenvalue weighted by molar-refractivity contribution is 5.89. The molecule has 25 heavy (non-hydrogen) atoms. The van der Waals surface area contributed by atoms with Gasteiger partial charge in [-0.25, -0.2) is 0 Å². The lowest BCUT2D eigenvalue weighted by atomic mass is 9.52. The fourth-order valence-electron chi connectivity index (χ4n) is 5.43. The summed E-state index contributed by atoms with van der Waals surface area (Å²) in [6.07, 6.45) is 2.45. The third kappa shape index (κ3) is 1.88. The second-order valence-electron chi connectivity index (χ2n) is 7.68. The number of ketones is 1. The summed E-state index contributed by atoms with van der Waals surface area (Å²) in [5.74, 6) is 0.438. The number of piperidine rings is 1. The molecule has 1 saturated heterocycles. The Kier molecular flexibility index (Phi) is 3.54. The van der Waals surface area contributed by atoms with E-state index in [2.05, 4.69) is 11.5 Å². The number of likely N-dealkylation sites (tertiary alicyclic amines) is 1. The monoisotopic (exact) mass is 343 g/mol. The quantitative estimate of drug-likeness (QED) is 0.805. The molecule has 3 aliphatic rings. The molecular formula is C20H25NO4. The van der Waals surface area contributed by atoms with Crippen molar-refractivity contribution in [2.75, 3.05) is 13.1 Å². The van der Waals surface area contributed by atoms with Crippen LogP contribution in [0.15, 0.2) is 24.8 Å². The van der Waals surface area contributed by atoms with Gasteiger partial charge in [0.2, 0.25) is 0 Å². The van der Waals surface area contributed by atoms with E-state index < -0.39 is 17.1 Å². The first-order valence-electron chi connectivity index (χ1n) is 8.96. The van der Waals surface area contributed by atoms with Gasteiger partial charge < -0.3 is 14.9 Å². The molecule has 0 bridgehead atoms. The Balaban J connectivity index is 1.95. The summed E-state index contributed by atoms with van der Waals surface area (Å²) < 4.78 is 6.01. The molecule has 2 heterocycles. The summed E-state index contributed by atoms with van der Waals surface area (Å²) in [6.45, 7) is 9.24. The molecule has 0 radical (unpaired) electrons. The predicted molar refractivity (Wildman–Crippen MR) is 94.0 cm³/mol. The summed E-state index contributed by atoms with van der Waals surface area (Å²) in [4.78, 5) is 14.9. The standard InChI is InChI=1S/C20H25NO4/c1-4-10-21-11-9-19-16-12(2)5-6-14(22)17(16)25-18(19)15(23)7-8-20(19,24)13(21)3/h4-6,13,18,22,24H,1,7-11H2,2-3H3/t13-,18+,19+,20?/m1/s1. The smallest absolute Gasteiger partial charge is 0.174 e. The highest BCUT2D eigenvalue weighted by Gasteiger charge is 2.70. The number of carbonyl (C=O) groups is 1. The van der Waals surface area contributed by atoms with Gasteiger partial charge >= 0.3 is 0 Å². The molecule has 0 amide bonds. The maximum atomic E-state index is 12.7. The van der Waals surface area contributed by atoms with E-state index in [1.165, 1.54) is 0 Å². The zero-order valence-electron chi connectivity index (χ0n) is 14.8. The molecule has 4 rings (SSSR count). The van der Waals surface area contributed by atoms with Crippen molar-refractivity contribution in [2.24, 2.45) is 0 Å². The Morgan fingerprint density at radius 2 is 2.20 bits per heavy atom. The zero-order chi connectivity index (χ0) is 18.0. The molecule has 1 aromatic carbocycles. The van der Waals surface area contributed by atoms with Gasteiger partial charge in [-0.2, -0.15) is 0 Å². The summed E-state index contributed by atoms with van der Waals surface area (Å²) in [5.41, 5.74) is -0.111. The molecule has 1 aliphatic carbocycles. The van der Waals surface area contributed by atoms with Crippen molar-refractivity contribution in [3.05, 3.63) is 35.9 Å². The molecule has 2 fully saturated rings. The average molecular weight is 343 g/mol. The van der Waals surface area contributed by atoms with Crippen molar-refractivity contribution in [1.29, 1.82) is 0 Å². The van der Waals surface area contributed by atoms with Crippen LogP contribution in [0.2, 0.25) is 0 Å². The SMILES string of the molecule is C=CCN1CC[C@]23c4c(C)ccc(O)c4O[C@H]2C(=O)CCC3(O)[C@H]1C. The van der Waals surface area contributed by atoms with Crippen LogP contribution >= 0.6 is 0 Å². The maximum absolute atomic E-state index is 12.7. The first-order chi connectivity index (χ1) is 11.9. The van der Waals surface area contributed by atoms with Gasteiger partial charge in [-0.05, 0) is 44.9 Å². The zero-order valence-corrected chi connectivity index (χ0v) is 14.8. The molecular weight excluding hydrogens is 318 g/mol. The number of aromatic hydroxyl groups is 1. The Bertz CT molecular complexity index is 760. The van der Waals surface area contributed by atoms with Crippen LogP contribution in [0.5, 0.6) is 11.5 Å². The number of fused-ring (bicyclic) bond motifs is 1. The van der Waals surface area contributed by atoms with E-state index in [0.29, 0.717) is 31.6 Å². The van der Waals surface area contributed by atoms with Crippen molar-refractivity contribution in [3.8, 4) is 11.5 Å². The molecule has 1 unspecified atom stereocenters. The lowest BCUT2D eigenvalue weighted by Gasteiger charge is -2.59.